The lowest BCUT2D eigenvalue weighted by Crippen LogP contribution is -2.39. The SMILES string of the molecule is CCc1ccccc1NC(=O)CN(C)C(=O)Cn1c(Cl)nc2c1c(=O)n(C)c(=O)n2C. The van der Waals surface area contributed by atoms with Gasteiger partial charge in [-0.25, -0.2) is 4.79 Å². The number of nitrogens with zero attached hydrogens (tertiary/aromatic N) is 5. The Balaban J connectivity index is 1.79. The Morgan fingerprint density at radius 2 is 1.84 bits per heavy atom. The molecule has 3 aromatic rings. The minimum Gasteiger partial charge on any atom is -0.335 e. The summed E-state index contributed by atoms with van der Waals surface area (Å²) in [7, 11) is 4.28. The van der Waals surface area contributed by atoms with E-state index in [0.29, 0.717) is 5.69 Å². The van der Waals surface area contributed by atoms with Crippen molar-refractivity contribution in [1.29, 1.82) is 0 Å². The molecule has 0 bridgehead atoms. The summed E-state index contributed by atoms with van der Waals surface area (Å²) in [4.78, 5) is 55.1. The number of imidazole rings is 1. The molecule has 2 aromatic heterocycles. The predicted molar refractivity (Wildman–Crippen MR) is 117 cm³/mol. The molecule has 10 nitrogen and oxygen atoms in total. The summed E-state index contributed by atoms with van der Waals surface area (Å²) in [5.74, 6) is -0.798. The largest absolute Gasteiger partial charge is 0.335 e. The zero-order valence-corrected chi connectivity index (χ0v) is 18.4. The quantitative estimate of drug-likeness (QED) is 0.561. The fourth-order valence-corrected chi connectivity index (χ4v) is 3.49. The molecule has 2 amide bonds. The third-order valence-electron chi connectivity index (χ3n) is 5.07. The number of para-hydroxylation sites is 1. The zero-order chi connectivity index (χ0) is 22.9. The number of anilines is 1. The van der Waals surface area contributed by atoms with Crippen LogP contribution in [0.15, 0.2) is 33.9 Å². The predicted octanol–water partition coefficient (Wildman–Crippen LogP) is 0.747. The number of aryl methyl sites for hydroxylation is 2. The topological polar surface area (TPSA) is 111 Å². The molecule has 1 N–H and O–H groups in total. The van der Waals surface area contributed by atoms with Crippen LogP contribution < -0.4 is 16.6 Å². The number of carbonyl (C=O) groups is 2. The molecule has 0 aliphatic carbocycles. The van der Waals surface area contributed by atoms with E-state index in [4.69, 9.17) is 11.6 Å². The van der Waals surface area contributed by atoms with Crippen LogP contribution in [-0.4, -0.2) is 49.0 Å². The Hall–Kier alpha value is -3.40. The Morgan fingerprint density at radius 3 is 2.52 bits per heavy atom. The van der Waals surface area contributed by atoms with Crippen LogP contribution >= 0.6 is 11.6 Å². The van der Waals surface area contributed by atoms with Gasteiger partial charge in [0.05, 0.1) is 6.54 Å². The summed E-state index contributed by atoms with van der Waals surface area (Å²) in [6.07, 6.45) is 0.759. The highest BCUT2D eigenvalue weighted by molar-refractivity contribution is 6.29. The van der Waals surface area contributed by atoms with Crippen molar-refractivity contribution in [2.45, 2.75) is 19.9 Å². The van der Waals surface area contributed by atoms with Gasteiger partial charge in [-0.1, -0.05) is 25.1 Å². The molecule has 0 fully saturated rings. The van der Waals surface area contributed by atoms with E-state index in [9.17, 15) is 19.2 Å². The number of rotatable bonds is 6. The van der Waals surface area contributed by atoms with Crippen LogP contribution in [0.4, 0.5) is 5.69 Å². The summed E-state index contributed by atoms with van der Waals surface area (Å²) in [6, 6.07) is 7.44. The molecule has 11 heteroatoms. The highest BCUT2D eigenvalue weighted by atomic mass is 35.5. The molecule has 0 saturated heterocycles. The number of amides is 2. The van der Waals surface area contributed by atoms with Crippen molar-refractivity contribution in [3.63, 3.8) is 0 Å². The standard InChI is InChI=1S/C20H23ClN6O4/c1-5-12-8-6-7-9-13(12)22-14(28)10-24(2)15(29)11-27-16-17(23-19(27)21)25(3)20(31)26(4)18(16)30/h6-9H,5,10-11H2,1-4H3,(H,22,28). The maximum atomic E-state index is 12.7. The summed E-state index contributed by atoms with van der Waals surface area (Å²) >= 11 is 6.15. The molecule has 0 radical (unpaired) electrons. The molecule has 0 atom stereocenters. The first-order valence-corrected chi connectivity index (χ1v) is 9.97. The van der Waals surface area contributed by atoms with Crippen LogP contribution in [0.5, 0.6) is 0 Å². The summed E-state index contributed by atoms with van der Waals surface area (Å²) in [5.41, 5.74) is 0.653. The van der Waals surface area contributed by atoms with Gasteiger partial charge in [0, 0.05) is 26.8 Å². The Morgan fingerprint density at radius 1 is 1.16 bits per heavy atom. The summed E-state index contributed by atoms with van der Waals surface area (Å²) < 4.78 is 3.34. The van der Waals surface area contributed by atoms with E-state index in [0.717, 1.165) is 16.6 Å². The van der Waals surface area contributed by atoms with Gasteiger partial charge in [0.25, 0.3) is 5.56 Å². The van der Waals surface area contributed by atoms with Crippen molar-refractivity contribution < 1.29 is 9.59 Å². The van der Waals surface area contributed by atoms with E-state index in [1.807, 2.05) is 25.1 Å². The van der Waals surface area contributed by atoms with Crippen molar-refractivity contribution >= 4 is 40.3 Å². The minimum absolute atomic E-state index is 0.0395. The first-order valence-electron chi connectivity index (χ1n) is 9.59. The van der Waals surface area contributed by atoms with Crippen LogP contribution in [0.1, 0.15) is 12.5 Å². The molecule has 0 aliphatic heterocycles. The third-order valence-corrected chi connectivity index (χ3v) is 5.36. The Labute approximate surface area is 182 Å². The van der Waals surface area contributed by atoms with Gasteiger partial charge in [-0.2, -0.15) is 4.98 Å². The molecule has 31 heavy (non-hydrogen) atoms. The maximum Gasteiger partial charge on any atom is 0.332 e. The van der Waals surface area contributed by atoms with Crippen molar-refractivity contribution in [2.75, 3.05) is 18.9 Å². The molecule has 0 aliphatic rings. The second kappa shape index (κ2) is 8.76. The number of hydrogen-bond donors (Lipinski definition) is 1. The van der Waals surface area contributed by atoms with Gasteiger partial charge in [-0.3, -0.25) is 28.1 Å². The van der Waals surface area contributed by atoms with Gasteiger partial charge < -0.3 is 10.2 Å². The summed E-state index contributed by atoms with van der Waals surface area (Å²) in [5, 5.41) is 2.71. The Kier molecular flexibility index (Phi) is 6.30. The number of likely N-dealkylation sites (N-methyl/N-ethyl adjacent to an activating group) is 1. The molecule has 0 spiro atoms. The average molecular weight is 447 g/mol. The number of hydrogen-bond acceptors (Lipinski definition) is 5. The molecular weight excluding hydrogens is 424 g/mol. The number of fused-ring (bicyclic) bond motifs is 1. The lowest BCUT2D eigenvalue weighted by atomic mass is 10.1. The molecule has 3 rings (SSSR count). The highest BCUT2D eigenvalue weighted by Crippen LogP contribution is 2.17. The van der Waals surface area contributed by atoms with Gasteiger partial charge in [-0.15, -0.1) is 0 Å². The number of aromatic nitrogens is 4. The van der Waals surface area contributed by atoms with E-state index in [-0.39, 0.29) is 35.4 Å². The lowest BCUT2D eigenvalue weighted by Gasteiger charge is -2.18. The monoisotopic (exact) mass is 446 g/mol. The van der Waals surface area contributed by atoms with Gasteiger partial charge in [0.2, 0.25) is 17.1 Å². The highest BCUT2D eigenvalue weighted by Gasteiger charge is 2.22. The second-order valence-electron chi connectivity index (χ2n) is 7.15. The molecule has 0 unspecified atom stereocenters. The number of halogens is 1. The number of nitrogens with one attached hydrogen (secondary N) is 1. The first-order chi connectivity index (χ1) is 14.6. The van der Waals surface area contributed by atoms with Crippen molar-refractivity contribution in [3.8, 4) is 0 Å². The lowest BCUT2D eigenvalue weighted by molar-refractivity contribution is -0.133. The minimum atomic E-state index is -0.609. The van der Waals surface area contributed by atoms with Gasteiger partial charge in [0.15, 0.2) is 11.2 Å². The van der Waals surface area contributed by atoms with Crippen molar-refractivity contribution in [2.24, 2.45) is 14.1 Å². The second-order valence-corrected chi connectivity index (χ2v) is 7.49. The molecule has 164 valence electrons. The maximum absolute atomic E-state index is 12.7. The van der Waals surface area contributed by atoms with E-state index >= 15 is 0 Å². The molecule has 2 heterocycles. The molecule has 0 saturated carbocycles. The fourth-order valence-electron chi connectivity index (χ4n) is 3.26. The van der Waals surface area contributed by atoms with Crippen LogP contribution in [0.3, 0.4) is 0 Å². The van der Waals surface area contributed by atoms with Crippen LogP contribution in [0.2, 0.25) is 5.28 Å². The van der Waals surface area contributed by atoms with Gasteiger partial charge in [-0.05, 0) is 29.7 Å². The Bertz CT molecular complexity index is 1290. The van der Waals surface area contributed by atoms with Crippen LogP contribution in [0, 0.1) is 0 Å². The molecule has 1 aromatic carbocycles. The first kappa shape index (κ1) is 22.3. The van der Waals surface area contributed by atoms with Gasteiger partial charge >= 0.3 is 5.69 Å². The van der Waals surface area contributed by atoms with Crippen LogP contribution in [-0.2, 0) is 36.6 Å². The number of carbonyl (C=O) groups excluding carboxylic acids is 2. The van der Waals surface area contributed by atoms with Gasteiger partial charge in [0.1, 0.15) is 6.54 Å². The van der Waals surface area contributed by atoms with E-state index < -0.39 is 17.2 Å². The van der Waals surface area contributed by atoms with Crippen LogP contribution in [0.25, 0.3) is 11.2 Å². The van der Waals surface area contributed by atoms with E-state index in [1.54, 1.807) is 6.07 Å². The normalized spacial score (nSPS) is 11.0. The van der Waals surface area contributed by atoms with E-state index in [1.165, 1.54) is 35.2 Å². The van der Waals surface area contributed by atoms with E-state index in [2.05, 4.69) is 10.3 Å². The average Bonchev–Trinajstić information content (AvgIpc) is 3.07. The summed E-state index contributed by atoms with van der Waals surface area (Å²) in [6.45, 7) is 1.50. The number of benzene rings is 1. The third kappa shape index (κ3) is 4.24. The zero-order valence-electron chi connectivity index (χ0n) is 17.7. The smallest absolute Gasteiger partial charge is 0.332 e. The van der Waals surface area contributed by atoms with Crippen molar-refractivity contribution in [1.82, 2.24) is 23.6 Å². The van der Waals surface area contributed by atoms with Crippen molar-refractivity contribution in [3.05, 3.63) is 56.0 Å². The fraction of sp³-hybridized carbons (Fsp3) is 0.350. The molecular formula is C20H23ClN6O4.